The van der Waals surface area contributed by atoms with E-state index >= 15 is 35.1 Å². The van der Waals surface area contributed by atoms with Crippen molar-refractivity contribution in [3.05, 3.63) is 158 Å². The summed E-state index contributed by atoms with van der Waals surface area (Å²) >= 11 is 0. The molecule has 0 atom stereocenters. The Labute approximate surface area is 342 Å². The first-order chi connectivity index (χ1) is 29.3. The maximum atomic E-state index is 15.4. The first-order valence-electron chi connectivity index (χ1n) is 16.7. The molecule has 63 heavy (non-hydrogen) atoms. The van der Waals surface area contributed by atoms with Gasteiger partial charge in [0.25, 0.3) is 0 Å². The maximum absolute atomic E-state index is 15.4. The number of methoxy groups -OCH3 is 1. The zero-order valence-corrected chi connectivity index (χ0v) is 31.8. The van der Waals surface area contributed by atoms with Crippen LogP contribution in [0.2, 0.25) is 0 Å². The van der Waals surface area contributed by atoms with Gasteiger partial charge < -0.3 is 4.74 Å². The predicted octanol–water partition coefficient (Wildman–Crippen LogP) is 8.76. The molecule has 334 valence electrons. The van der Waals surface area contributed by atoms with Crippen molar-refractivity contribution in [3.8, 4) is 5.75 Å². The predicted molar refractivity (Wildman–Crippen MR) is 188 cm³/mol. The van der Waals surface area contributed by atoms with Gasteiger partial charge in [-0.3, -0.25) is 4.79 Å². The molecular formula is C39H17BF20O2S. The first-order valence-corrected chi connectivity index (χ1v) is 18.9. The Balaban J connectivity index is 0.000000345. The molecule has 0 bridgehead atoms. The van der Waals surface area contributed by atoms with Crippen LogP contribution in [0.5, 0.6) is 5.75 Å². The van der Waals surface area contributed by atoms with E-state index in [4.69, 9.17) is 4.74 Å². The molecule has 6 rings (SSSR count). The molecule has 0 aliphatic rings. The zero-order chi connectivity index (χ0) is 47.5. The van der Waals surface area contributed by atoms with Crippen LogP contribution in [0.4, 0.5) is 87.8 Å². The van der Waals surface area contributed by atoms with Crippen LogP contribution in [-0.2, 0) is 10.9 Å². The highest BCUT2D eigenvalue weighted by Gasteiger charge is 2.52. The summed E-state index contributed by atoms with van der Waals surface area (Å²) in [6.07, 6.45) is -3.04. The van der Waals surface area contributed by atoms with E-state index in [1.54, 1.807) is 7.11 Å². The summed E-state index contributed by atoms with van der Waals surface area (Å²) in [6, 6.07) is 11.6. The second-order valence-electron chi connectivity index (χ2n) is 13.2. The largest absolute Gasteiger partial charge is 0.496 e. The van der Waals surface area contributed by atoms with E-state index < -0.39 is 144 Å². The van der Waals surface area contributed by atoms with Crippen molar-refractivity contribution in [2.24, 2.45) is 0 Å². The third kappa shape index (κ3) is 7.48. The van der Waals surface area contributed by atoms with Crippen molar-refractivity contribution >= 4 is 55.4 Å². The number of hydrogen-bond donors (Lipinski definition) is 0. The molecule has 0 saturated carbocycles. The lowest BCUT2D eigenvalue weighted by Gasteiger charge is -2.44. The van der Waals surface area contributed by atoms with Gasteiger partial charge in [0, 0.05) is 10.9 Å². The normalized spacial score (nSPS) is 11.7. The Morgan fingerprint density at radius 2 is 0.667 bits per heavy atom. The Morgan fingerprint density at radius 1 is 0.413 bits per heavy atom. The van der Waals surface area contributed by atoms with Gasteiger partial charge >= 0.3 is 0 Å². The van der Waals surface area contributed by atoms with E-state index in [0.717, 1.165) is 22.1 Å². The molecule has 0 unspecified atom stereocenters. The summed E-state index contributed by atoms with van der Waals surface area (Å²) in [7, 11) is 1.77. The average Bonchev–Trinajstić information content (AvgIpc) is 3.25. The molecule has 0 heterocycles. The van der Waals surface area contributed by atoms with Crippen LogP contribution in [0.15, 0.2) is 36.4 Å². The number of halogens is 20. The monoisotopic (exact) mass is 940 g/mol. The van der Waals surface area contributed by atoms with Gasteiger partial charge in [-0.2, -0.15) is 0 Å². The minimum atomic E-state index is -7.22. The molecule has 2 nitrogen and oxygen atoms in total. The van der Waals surface area contributed by atoms with Gasteiger partial charge in [-0.05, 0) is 28.4 Å². The lowest BCUT2D eigenvalue weighted by molar-refractivity contribution is 0.102. The molecule has 24 heteroatoms. The molecule has 0 radical (unpaired) electrons. The molecular weight excluding hydrogens is 923 g/mol. The summed E-state index contributed by atoms with van der Waals surface area (Å²) < 4.78 is 299. The van der Waals surface area contributed by atoms with E-state index in [9.17, 15) is 57.5 Å². The fourth-order valence-corrected chi connectivity index (χ4v) is 7.59. The summed E-state index contributed by atoms with van der Waals surface area (Å²) in [5.41, 5.74) is -13.5. The number of ether oxygens (including phenoxy) is 1. The van der Waals surface area contributed by atoms with Gasteiger partial charge in [0.15, 0.2) is 75.6 Å². The number of carbonyl (C=O) groups is 1. The molecule has 0 amide bonds. The number of fused-ring (bicyclic) bond motifs is 1. The highest BCUT2D eigenvalue weighted by molar-refractivity contribution is 7.96. The zero-order valence-electron chi connectivity index (χ0n) is 31.0. The molecule has 6 aromatic carbocycles. The number of Topliss-reactive ketones (excluding diaryl/α,β-unsaturated/α-hetero) is 1. The Hall–Kier alpha value is -5.94. The summed E-state index contributed by atoms with van der Waals surface area (Å²) in [4.78, 5) is 12.2. The van der Waals surface area contributed by atoms with Gasteiger partial charge in [-0.15, -0.1) is 21.9 Å². The van der Waals surface area contributed by atoms with Crippen LogP contribution in [0, 0.1) is 116 Å². The molecule has 0 saturated heterocycles. The smallest absolute Gasteiger partial charge is 0.212 e. The minimum Gasteiger partial charge on any atom is -0.496 e. The van der Waals surface area contributed by atoms with Gasteiger partial charge in [0.2, 0.25) is 5.78 Å². The standard InChI is InChI=1S/C24BF20.C15H17O2S/c26-5-1(6(27)14(35)21(42)13(5)34)25(2-7(28)15(36)22(43)16(37)8(2)29,3-9(30)17(38)23(44)18(39)10(3)31)4-11(32)19(40)24(45)20(41)12(4)33;1-17-15-9-8-12(14(16)10-18(2)3)11-6-4-5-7-13(11)15/h;4-9H,10H2,1-3H3/q-1;+1. The van der Waals surface area contributed by atoms with E-state index in [0.29, 0.717) is 5.75 Å². The van der Waals surface area contributed by atoms with Crippen molar-refractivity contribution in [2.45, 2.75) is 0 Å². The Kier molecular flexibility index (Phi) is 13.5. The van der Waals surface area contributed by atoms with Crippen LogP contribution < -0.4 is 26.6 Å². The highest BCUT2D eigenvalue weighted by Crippen LogP contribution is 2.32. The van der Waals surface area contributed by atoms with E-state index in [1.807, 2.05) is 36.4 Å². The first kappa shape index (κ1) is 48.1. The molecule has 0 N–H and O–H groups in total. The Morgan fingerprint density at radius 3 is 0.921 bits per heavy atom. The van der Waals surface area contributed by atoms with Crippen LogP contribution in [0.25, 0.3) is 10.8 Å². The van der Waals surface area contributed by atoms with Crippen molar-refractivity contribution in [2.75, 3.05) is 25.4 Å². The number of benzene rings is 6. The number of carbonyl (C=O) groups excluding carboxylic acids is 1. The molecule has 0 aromatic heterocycles. The highest BCUT2D eigenvalue weighted by atomic mass is 32.2. The van der Waals surface area contributed by atoms with Crippen LogP contribution in [0.3, 0.4) is 0 Å². The summed E-state index contributed by atoms with van der Waals surface area (Å²) in [6.45, 7) is 0. The fraction of sp³-hybridized carbons (Fsp3) is 0.103. The number of hydrogen-bond acceptors (Lipinski definition) is 2. The average molecular weight is 940 g/mol. The second-order valence-corrected chi connectivity index (χ2v) is 15.5. The molecule has 0 fully saturated rings. The van der Waals surface area contributed by atoms with Crippen molar-refractivity contribution in [1.29, 1.82) is 0 Å². The van der Waals surface area contributed by atoms with Crippen molar-refractivity contribution in [1.82, 2.24) is 0 Å². The van der Waals surface area contributed by atoms with Gasteiger partial charge in [0.1, 0.15) is 58.4 Å². The molecule has 0 aliphatic heterocycles. The van der Waals surface area contributed by atoms with Crippen LogP contribution >= 0.6 is 0 Å². The van der Waals surface area contributed by atoms with Gasteiger partial charge in [-0.25, -0.2) is 87.8 Å². The minimum absolute atomic E-state index is 0.123. The quantitative estimate of drug-likeness (QED) is 0.0382. The maximum Gasteiger partial charge on any atom is 0.212 e. The third-order valence-electron chi connectivity index (χ3n) is 9.53. The lowest BCUT2D eigenvalue weighted by atomic mass is 9.12. The lowest BCUT2D eigenvalue weighted by Crippen LogP contribution is -2.81. The summed E-state index contributed by atoms with van der Waals surface area (Å²) in [5.74, 6) is -69.8. The molecule has 6 aromatic rings. The third-order valence-corrected chi connectivity index (χ3v) is 10.4. The van der Waals surface area contributed by atoms with Crippen molar-refractivity contribution < 1.29 is 97.3 Å². The van der Waals surface area contributed by atoms with Crippen LogP contribution in [0.1, 0.15) is 10.4 Å². The second kappa shape index (κ2) is 17.7. The Bertz CT molecular complexity index is 2490. The van der Waals surface area contributed by atoms with Gasteiger partial charge in [0.05, 0.1) is 19.6 Å². The van der Waals surface area contributed by atoms with E-state index in [-0.39, 0.29) is 16.7 Å². The molecule has 0 spiro atoms. The van der Waals surface area contributed by atoms with Crippen molar-refractivity contribution in [3.63, 3.8) is 0 Å². The SMILES string of the molecule is COc1ccc(C(=O)C[S+](C)C)c2ccccc12.Fc1c(F)c(F)c([B-](c2c(F)c(F)c(F)c(F)c2F)(c2c(F)c(F)c(F)c(F)c2F)c2c(F)c(F)c(F)c(F)c2F)c(F)c1F. The summed E-state index contributed by atoms with van der Waals surface area (Å²) in [5, 5.41) is 1.98. The number of rotatable bonds is 8. The topological polar surface area (TPSA) is 26.3 Å². The number of ketones is 1. The van der Waals surface area contributed by atoms with Gasteiger partial charge in [-0.1, -0.05) is 24.3 Å². The van der Waals surface area contributed by atoms with E-state index in [2.05, 4.69) is 12.5 Å². The van der Waals surface area contributed by atoms with Crippen LogP contribution in [-0.4, -0.2) is 37.3 Å². The molecule has 0 aliphatic carbocycles. The fourth-order valence-electron chi connectivity index (χ4n) is 6.91. The van der Waals surface area contributed by atoms with E-state index in [1.165, 1.54) is 0 Å².